The molecule has 1 saturated carbocycles. The summed E-state index contributed by atoms with van der Waals surface area (Å²) in [4.78, 5) is 15.3. The molecule has 1 amide bonds. The Bertz CT molecular complexity index is 595. The van der Waals surface area contributed by atoms with E-state index in [0.717, 1.165) is 19.0 Å². The molecule has 9 heteroatoms. The van der Waals surface area contributed by atoms with Crippen LogP contribution in [0.2, 0.25) is 0 Å². The lowest BCUT2D eigenvalue weighted by Gasteiger charge is -2.30. The molecule has 1 fully saturated rings. The SMILES string of the molecule is NC(=O)c1cnc(OCC(F)(F)F)c(Br)c1C1CCCCC1O. The summed E-state index contributed by atoms with van der Waals surface area (Å²) in [7, 11) is 0. The fraction of sp³-hybridized carbons (Fsp3) is 0.571. The predicted molar refractivity (Wildman–Crippen MR) is 79.2 cm³/mol. The number of aromatic nitrogens is 1. The van der Waals surface area contributed by atoms with E-state index in [2.05, 4.69) is 25.7 Å². The van der Waals surface area contributed by atoms with Crippen molar-refractivity contribution in [3.8, 4) is 5.88 Å². The van der Waals surface area contributed by atoms with Gasteiger partial charge in [-0.3, -0.25) is 4.79 Å². The summed E-state index contributed by atoms with van der Waals surface area (Å²) in [6, 6.07) is 0. The van der Waals surface area contributed by atoms with Crippen LogP contribution in [0.5, 0.6) is 5.88 Å². The lowest BCUT2D eigenvalue weighted by atomic mass is 9.80. The van der Waals surface area contributed by atoms with Gasteiger partial charge in [-0.1, -0.05) is 12.8 Å². The number of aliphatic hydroxyl groups is 1. The van der Waals surface area contributed by atoms with Crippen molar-refractivity contribution in [3.05, 3.63) is 21.8 Å². The Labute approximate surface area is 139 Å². The molecular weight excluding hydrogens is 381 g/mol. The summed E-state index contributed by atoms with van der Waals surface area (Å²) in [5, 5.41) is 10.2. The van der Waals surface area contributed by atoms with E-state index in [4.69, 9.17) is 5.73 Å². The average Bonchev–Trinajstić information content (AvgIpc) is 2.45. The number of primary amides is 1. The normalized spacial score (nSPS) is 22.0. The maximum atomic E-state index is 12.3. The standard InChI is InChI=1S/C14H16BrF3N2O3/c15-11-10(7-3-1-2-4-9(7)21)8(12(19)22)5-20-13(11)23-6-14(16,17)18/h5,7,9,21H,1-4,6H2,(H2,19,22). The number of amides is 1. The number of rotatable bonds is 4. The molecule has 23 heavy (non-hydrogen) atoms. The van der Waals surface area contributed by atoms with Crippen molar-refractivity contribution in [1.29, 1.82) is 0 Å². The first-order valence-corrected chi connectivity index (χ1v) is 7.86. The van der Waals surface area contributed by atoms with E-state index in [0.29, 0.717) is 18.4 Å². The molecule has 1 heterocycles. The van der Waals surface area contributed by atoms with Crippen LogP contribution in [0.15, 0.2) is 10.7 Å². The summed E-state index contributed by atoms with van der Waals surface area (Å²) >= 11 is 3.16. The highest BCUT2D eigenvalue weighted by molar-refractivity contribution is 9.10. The monoisotopic (exact) mass is 396 g/mol. The number of carbonyl (C=O) groups excluding carboxylic acids is 1. The molecule has 2 unspecified atom stereocenters. The molecule has 1 aliphatic rings. The van der Waals surface area contributed by atoms with Crippen LogP contribution >= 0.6 is 15.9 Å². The molecule has 1 aromatic rings. The molecular formula is C14H16BrF3N2O3. The first-order valence-electron chi connectivity index (χ1n) is 7.06. The molecule has 1 aliphatic carbocycles. The minimum absolute atomic E-state index is 0.0715. The Balaban J connectivity index is 2.41. The summed E-state index contributed by atoms with van der Waals surface area (Å²) in [6.45, 7) is -1.50. The van der Waals surface area contributed by atoms with Gasteiger partial charge in [0.15, 0.2) is 6.61 Å². The van der Waals surface area contributed by atoms with Gasteiger partial charge in [-0.2, -0.15) is 13.2 Å². The third-order valence-electron chi connectivity index (χ3n) is 3.76. The largest absolute Gasteiger partial charge is 0.467 e. The number of nitrogens with zero attached hydrogens (tertiary/aromatic N) is 1. The average molecular weight is 397 g/mol. The van der Waals surface area contributed by atoms with Gasteiger partial charge in [0.1, 0.15) is 0 Å². The molecule has 2 rings (SSSR count). The second-order valence-corrected chi connectivity index (χ2v) is 6.22. The Morgan fingerprint density at radius 1 is 1.43 bits per heavy atom. The number of nitrogens with two attached hydrogens (primary N) is 1. The highest BCUT2D eigenvalue weighted by Crippen LogP contribution is 2.41. The molecule has 0 bridgehead atoms. The third kappa shape index (κ3) is 4.35. The molecule has 5 nitrogen and oxygen atoms in total. The van der Waals surface area contributed by atoms with E-state index < -0.39 is 30.7 Å². The van der Waals surface area contributed by atoms with Crippen LogP contribution < -0.4 is 10.5 Å². The fourth-order valence-electron chi connectivity index (χ4n) is 2.74. The van der Waals surface area contributed by atoms with Crippen molar-refractivity contribution < 1.29 is 27.8 Å². The van der Waals surface area contributed by atoms with Crippen molar-refractivity contribution in [3.63, 3.8) is 0 Å². The van der Waals surface area contributed by atoms with Crippen molar-refractivity contribution >= 4 is 21.8 Å². The lowest BCUT2D eigenvalue weighted by molar-refractivity contribution is -0.154. The highest BCUT2D eigenvalue weighted by atomic mass is 79.9. The summed E-state index contributed by atoms with van der Waals surface area (Å²) in [5.41, 5.74) is 5.76. The Morgan fingerprint density at radius 2 is 2.09 bits per heavy atom. The summed E-state index contributed by atoms with van der Waals surface area (Å²) < 4.78 is 41.8. The smallest absolute Gasteiger partial charge is 0.422 e. The molecule has 0 aliphatic heterocycles. The van der Waals surface area contributed by atoms with E-state index >= 15 is 0 Å². The van der Waals surface area contributed by atoms with Gasteiger partial charge in [0.25, 0.3) is 5.91 Å². The number of aliphatic hydroxyl groups excluding tert-OH is 1. The Kier molecular flexibility index (Phi) is 5.51. The lowest BCUT2D eigenvalue weighted by Crippen LogP contribution is -2.27. The molecule has 0 radical (unpaired) electrons. The topological polar surface area (TPSA) is 85.4 Å². The second kappa shape index (κ2) is 7.04. The minimum atomic E-state index is -4.51. The predicted octanol–water partition coefficient (Wildman–Crippen LogP) is 2.90. The van der Waals surface area contributed by atoms with E-state index in [1.54, 1.807) is 0 Å². The Hall–Kier alpha value is -1.35. The van der Waals surface area contributed by atoms with Crippen molar-refractivity contribution in [2.45, 2.75) is 43.9 Å². The number of carbonyl (C=O) groups is 1. The van der Waals surface area contributed by atoms with Crippen LogP contribution in [0.25, 0.3) is 0 Å². The summed E-state index contributed by atoms with van der Waals surface area (Å²) in [6.07, 6.45) is -1.27. The highest BCUT2D eigenvalue weighted by Gasteiger charge is 2.33. The van der Waals surface area contributed by atoms with Crippen LogP contribution in [0.1, 0.15) is 47.5 Å². The first-order chi connectivity index (χ1) is 10.7. The van der Waals surface area contributed by atoms with E-state index in [-0.39, 0.29) is 15.9 Å². The van der Waals surface area contributed by atoms with Crippen LogP contribution in [0, 0.1) is 0 Å². The van der Waals surface area contributed by atoms with Crippen LogP contribution in [-0.2, 0) is 0 Å². The van der Waals surface area contributed by atoms with Crippen LogP contribution in [0.4, 0.5) is 13.2 Å². The van der Waals surface area contributed by atoms with Gasteiger partial charge in [0, 0.05) is 12.1 Å². The zero-order valence-electron chi connectivity index (χ0n) is 12.1. The molecule has 0 aromatic carbocycles. The number of hydrogen-bond donors (Lipinski definition) is 2. The number of hydrogen-bond acceptors (Lipinski definition) is 4. The zero-order valence-corrected chi connectivity index (χ0v) is 13.7. The van der Waals surface area contributed by atoms with Crippen molar-refractivity contribution in [2.75, 3.05) is 6.61 Å². The van der Waals surface area contributed by atoms with Gasteiger partial charge in [-0.15, -0.1) is 0 Å². The van der Waals surface area contributed by atoms with Gasteiger partial charge in [0.2, 0.25) is 5.88 Å². The van der Waals surface area contributed by atoms with Crippen LogP contribution in [0.3, 0.4) is 0 Å². The van der Waals surface area contributed by atoms with Crippen molar-refractivity contribution in [2.24, 2.45) is 5.73 Å². The number of pyridine rings is 1. The number of halogens is 4. The number of alkyl halides is 3. The first kappa shape index (κ1) is 18.0. The maximum Gasteiger partial charge on any atom is 0.422 e. The van der Waals surface area contributed by atoms with Gasteiger partial charge in [-0.25, -0.2) is 4.98 Å². The van der Waals surface area contributed by atoms with Crippen molar-refractivity contribution in [1.82, 2.24) is 4.98 Å². The second-order valence-electron chi connectivity index (χ2n) is 5.43. The zero-order chi connectivity index (χ0) is 17.2. The molecule has 3 N–H and O–H groups in total. The molecule has 128 valence electrons. The Morgan fingerprint density at radius 3 is 2.65 bits per heavy atom. The third-order valence-corrected chi connectivity index (χ3v) is 4.53. The van der Waals surface area contributed by atoms with Gasteiger partial charge >= 0.3 is 6.18 Å². The molecule has 1 aromatic heterocycles. The van der Waals surface area contributed by atoms with Crippen LogP contribution in [-0.4, -0.2) is 34.9 Å². The molecule has 2 atom stereocenters. The summed E-state index contributed by atoms with van der Waals surface area (Å²) in [5.74, 6) is -1.44. The van der Waals surface area contributed by atoms with Gasteiger partial charge < -0.3 is 15.6 Å². The fourth-order valence-corrected chi connectivity index (χ4v) is 3.46. The van der Waals surface area contributed by atoms with Gasteiger partial charge in [-0.05, 0) is 34.3 Å². The van der Waals surface area contributed by atoms with Gasteiger partial charge in [0.05, 0.1) is 16.1 Å². The maximum absolute atomic E-state index is 12.3. The van der Waals surface area contributed by atoms with E-state index in [1.807, 2.05) is 0 Å². The molecule has 0 spiro atoms. The van der Waals surface area contributed by atoms with E-state index in [9.17, 15) is 23.1 Å². The minimum Gasteiger partial charge on any atom is -0.467 e. The van der Waals surface area contributed by atoms with E-state index in [1.165, 1.54) is 0 Å². The molecule has 0 saturated heterocycles. The quantitative estimate of drug-likeness (QED) is 0.819. The number of ether oxygens (including phenoxy) is 1.